The van der Waals surface area contributed by atoms with Crippen LogP contribution in [-0.2, 0) is 0 Å². The number of allylic oxidation sites excluding steroid dienone is 1. The lowest BCUT2D eigenvalue weighted by molar-refractivity contribution is 0.105. The third-order valence-electron chi connectivity index (χ3n) is 3.03. The van der Waals surface area contributed by atoms with Gasteiger partial charge in [-0.05, 0) is 25.0 Å². The predicted octanol–water partition coefficient (Wildman–Crippen LogP) is 3.04. The molecule has 0 spiro atoms. The van der Waals surface area contributed by atoms with Crippen LogP contribution in [0.4, 0.5) is 0 Å². The minimum absolute atomic E-state index is 0.198. The summed E-state index contributed by atoms with van der Waals surface area (Å²) in [5.41, 5.74) is 3.51. The number of carbonyl (C=O) groups is 1. The van der Waals surface area contributed by atoms with Crippen molar-refractivity contribution < 1.29 is 4.79 Å². The molecule has 0 N–H and O–H groups in total. The van der Waals surface area contributed by atoms with Crippen molar-refractivity contribution in [3.63, 3.8) is 0 Å². The molecular weight excluding hydrogens is 234 g/mol. The summed E-state index contributed by atoms with van der Waals surface area (Å²) in [6.07, 6.45) is 0. The van der Waals surface area contributed by atoms with Gasteiger partial charge in [0.25, 0.3) is 0 Å². The van der Waals surface area contributed by atoms with Gasteiger partial charge >= 0.3 is 0 Å². The third kappa shape index (κ3) is 2.70. The highest BCUT2D eigenvalue weighted by Crippen LogP contribution is 2.21. The van der Waals surface area contributed by atoms with E-state index in [-0.39, 0.29) is 11.4 Å². The van der Waals surface area contributed by atoms with Crippen molar-refractivity contribution >= 4 is 17.2 Å². The van der Waals surface area contributed by atoms with E-state index in [1.807, 2.05) is 44.0 Å². The molecule has 0 amide bonds. The Hall–Kier alpha value is -2.44. The molecule has 0 fully saturated rings. The molecule has 0 atom stereocenters. The van der Waals surface area contributed by atoms with Gasteiger partial charge in [-0.2, -0.15) is 0 Å². The molecule has 0 aliphatic rings. The van der Waals surface area contributed by atoms with Crippen molar-refractivity contribution in [3.05, 3.63) is 70.8 Å². The number of aryl methyl sites for hydroxylation is 2. The van der Waals surface area contributed by atoms with E-state index >= 15 is 0 Å². The van der Waals surface area contributed by atoms with E-state index in [4.69, 9.17) is 0 Å². The minimum Gasteiger partial charge on any atom is -0.288 e. The quantitative estimate of drug-likeness (QED) is 0.467. The highest BCUT2D eigenvalue weighted by atomic mass is 16.1. The number of Topliss-reactive ketones (excluding diaryl/α,β-unsaturated/α-hetero) is 1. The molecule has 1 radical (unpaired) electrons. The van der Waals surface area contributed by atoms with Gasteiger partial charge in [0.05, 0.1) is 5.57 Å². The number of ketones is 1. The molecule has 2 heteroatoms. The minimum atomic E-state index is -0.227. The van der Waals surface area contributed by atoms with Crippen LogP contribution < -0.4 is 5.41 Å². The van der Waals surface area contributed by atoms with E-state index < -0.39 is 0 Å². The van der Waals surface area contributed by atoms with Gasteiger partial charge in [0, 0.05) is 11.4 Å². The zero-order valence-corrected chi connectivity index (χ0v) is 11.0. The molecular formula is C17H14NO. The Morgan fingerprint density at radius 3 is 2.32 bits per heavy atom. The average molecular weight is 248 g/mol. The van der Waals surface area contributed by atoms with E-state index in [2.05, 4.69) is 0 Å². The smallest absolute Gasteiger partial charge is 0.203 e. The molecule has 19 heavy (non-hydrogen) atoms. The summed E-state index contributed by atoms with van der Waals surface area (Å²) in [4.78, 5) is 12.4. The Balaban J connectivity index is 2.47. The number of nitrogens with zero attached hydrogens (tertiary/aromatic N) is 1. The van der Waals surface area contributed by atoms with Crippen molar-refractivity contribution in [2.24, 2.45) is 0 Å². The lowest BCUT2D eigenvalue weighted by Crippen LogP contribution is -2.05. The maximum Gasteiger partial charge on any atom is 0.203 e. The van der Waals surface area contributed by atoms with Gasteiger partial charge < -0.3 is 0 Å². The molecule has 0 saturated heterocycles. The second kappa shape index (κ2) is 5.47. The monoisotopic (exact) mass is 248 g/mol. The Kier molecular flexibility index (Phi) is 3.74. The number of hydrogen-bond donors (Lipinski definition) is 0. The van der Waals surface area contributed by atoms with Gasteiger partial charge in [-0.3, -0.25) is 4.79 Å². The summed E-state index contributed by atoms with van der Waals surface area (Å²) < 4.78 is 0. The fourth-order valence-electron chi connectivity index (χ4n) is 2.06. The van der Waals surface area contributed by atoms with E-state index in [0.717, 1.165) is 11.1 Å². The van der Waals surface area contributed by atoms with Gasteiger partial charge in [-0.1, -0.05) is 59.5 Å². The second-order valence-corrected chi connectivity index (χ2v) is 4.50. The van der Waals surface area contributed by atoms with Crippen molar-refractivity contribution in [1.29, 1.82) is 0 Å². The zero-order chi connectivity index (χ0) is 13.8. The lowest BCUT2D eigenvalue weighted by atomic mass is 9.94. The zero-order valence-electron chi connectivity index (χ0n) is 11.0. The summed E-state index contributed by atoms with van der Waals surface area (Å²) >= 11 is 0. The first kappa shape index (κ1) is 13.0. The molecule has 0 unspecified atom stereocenters. The number of benzene rings is 2. The number of hydrogen-bond acceptors (Lipinski definition) is 1. The second-order valence-electron chi connectivity index (χ2n) is 4.50. The summed E-state index contributed by atoms with van der Waals surface area (Å²) in [6, 6.07) is 14.6. The van der Waals surface area contributed by atoms with Gasteiger partial charge in [-0.25, -0.2) is 0 Å². The topological polar surface area (TPSA) is 39.4 Å². The van der Waals surface area contributed by atoms with Crippen molar-refractivity contribution in [3.8, 4) is 0 Å². The van der Waals surface area contributed by atoms with Crippen LogP contribution in [0.15, 0.2) is 48.5 Å². The molecule has 0 aliphatic heterocycles. The van der Waals surface area contributed by atoms with E-state index in [1.165, 1.54) is 0 Å². The van der Waals surface area contributed by atoms with Crippen molar-refractivity contribution in [1.82, 2.24) is 5.41 Å². The SMILES string of the molecule is Cc1ccc(C(=C=[N])C(=O)c2ccccc2)c(C)c1. The molecule has 2 aromatic carbocycles. The number of carbonyl (C=O) groups excluding carboxylic acids is 1. The molecule has 0 saturated carbocycles. The van der Waals surface area contributed by atoms with E-state index in [1.54, 1.807) is 24.3 Å². The van der Waals surface area contributed by atoms with E-state index in [0.29, 0.717) is 11.1 Å². The standard InChI is InChI=1S/C17H14NO/c1-12-8-9-15(13(2)10-12)16(11-18)17(19)14-6-4-3-5-7-14/h3-10H,1-2H3. The normalized spacial score (nSPS) is 9.79. The van der Waals surface area contributed by atoms with Crippen LogP contribution in [0.1, 0.15) is 27.0 Å². The maximum atomic E-state index is 12.4. The van der Waals surface area contributed by atoms with Crippen LogP contribution in [0.3, 0.4) is 0 Å². The fourth-order valence-corrected chi connectivity index (χ4v) is 2.06. The largest absolute Gasteiger partial charge is 0.288 e. The first-order valence-corrected chi connectivity index (χ1v) is 6.08. The van der Waals surface area contributed by atoms with Gasteiger partial charge in [0.1, 0.15) is 0 Å². The first-order chi connectivity index (χ1) is 9.13. The molecule has 0 bridgehead atoms. The third-order valence-corrected chi connectivity index (χ3v) is 3.03. The molecule has 93 valence electrons. The van der Waals surface area contributed by atoms with Crippen LogP contribution in [-0.4, -0.2) is 11.7 Å². The number of rotatable bonds is 3. The summed E-state index contributed by atoms with van der Waals surface area (Å²) in [6.45, 7) is 3.90. The van der Waals surface area contributed by atoms with Gasteiger partial charge in [0.2, 0.25) is 5.78 Å². The van der Waals surface area contributed by atoms with Crippen LogP contribution in [0, 0.1) is 13.8 Å². The maximum absolute atomic E-state index is 12.4. The summed E-state index contributed by atoms with van der Waals surface area (Å²) in [5.74, 6) is 1.82. The van der Waals surface area contributed by atoms with Gasteiger partial charge in [0.15, 0.2) is 0 Å². The summed E-state index contributed by atoms with van der Waals surface area (Å²) in [5, 5.41) is 9.30. The Labute approximate surface area is 112 Å². The van der Waals surface area contributed by atoms with Crippen LogP contribution in [0.25, 0.3) is 5.57 Å². The van der Waals surface area contributed by atoms with Crippen molar-refractivity contribution in [2.75, 3.05) is 0 Å². The highest BCUT2D eigenvalue weighted by Gasteiger charge is 2.16. The van der Waals surface area contributed by atoms with E-state index in [9.17, 15) is 10.2 Å². The molecule has 0 heterocycles. The Morgan fingerprint density at radius 1 is 1.05 bits per heavy atom. The molecule has 2 rings (SSSR count). The Morgan fingerprint density at radius 2 is 1.74 bits per heavy atom. The predicted molar refractivity (Wildman–Crippen MR) is 77.2 cm³/mol. The molecule has 0 aromatic heterocycles. The molecule has 2 aromatic rings. The molecule has 2 nitrogen and oxygen atoms in total. The van der Waals surface area contributed by atoms with Crippen LogP contribution >= 0.6 is 0 Å². The van der Waals surface area contributed by atoms with Crippen LogP contribution in [0.2, 0.25) is 0 Å². The first-order valence-electron chi connectivity index (χ1n) is 6.08. The fraction of sp³-hybridized carbons (Fsp3) is 0.118. The molecule has 0 aliphatic carbocycles. The Bertz CT molecular complexity index is 665. The van der Waals surface area contributed by atoms with Crippen LogP contribution in [0.5, 0.6) is 0 Å². The average Bonchev–Trinajstić information content (AvgIpc) is 2.42. The lowest BCUT2D eigenvalue weighted by Gasteiger charge is -2.08. The highest BCUT2D eigenvalue weighted by molar-refractivity contribution is 6.35. The van der Waals surface area contributed by atoms with Gasteiger partial charge in [-0.15, -0.1) is 0 Å². The summed E-state index contributed by atoms with van der Waals surface area (Å²) in [7, 11) is 0. The van der Waals surface area contributed by atoms with Crippen molar-refractivity contribution in [2.45, 2.75) is 13.8 Å².